The van der Waals surface area contributed by atoms with Gasteiger partial charge < -0.3 is 14.6 Å². The van der Waals surface area contributed by atoms with Crippen molar-refractivity contribution >= 4 is 16.8 Å². The number of aromatic nitrogens is 2. The molecule has 2 heterocycles. The second-order valence-corrected chi connectivity index (χ2v) is 6.67. The largest absolute Gasteiger partial charge is 0.483 e. The molecule has 148 valence electrons. The number of carbonyl (C=O) groups excluding carboxylic acids is 1. The smallest absolute Gasteiger partial charge is 0.422 e. The van der Waals surface area contributed by atoms with E-state index in [2.05, 4.69) is 15.0 Å². The van der Waals surface area contributed by atoms with Gasteiger partial charge in [0.05, 0.1) is 17.9 Å². The predicted octanol–water partition coefficient (Wildman–Crippen LogP) is 4.31. The van der Waals surface area contributed by atoms with E-state index in [1.54, 1.807) is 6.92 Å². The fourth-order valence-corrected chi connectivity index (χ4v) is 2.93. The third-order valence-corrected chi connectivity index (χ3v) is 4.38. The average molecular weight is 391 g/mol. The monoisotopic (exact) mass is 391 g/mol. The van der Waals surface area contributed by atoms with Gasteiger partial charge in [-0.2, -0.15) is 13.2 Å². The van der Waals surface area contributed by atoms with Gasteiger partial charge in [-0.1, -0.05) is 11.6 Å². The maximum atomic E-state index is 12.7. The molecule has 0 radical (unpaired) electrons. The zero-order valence-corrected chi connectivity index (χ0v) is 15.7. The lowest BCUT2D eigenvalue weighted by atomic mass is 10.2. The van der Waals surface area contributed by atoms with Crippen molar-refractivity contribution in [2.45, 2.75) is 26.1 Å². The number of ether oxygens (including phenoxy) is 1. The van der Waals surface area contributed by atoms with E-state index in [0.717, 1.165) is 16.5 Å². The van der Waals surface area contributed by atoms with Crippen molar-refractivity contribution in [3.63, 3.8) is 0 Å². The van der Waals surface area contributed by atoms with Crippen LogP contribution in [0.25, 0.3) is 10.9 Å². The molecule has 1 N–H and O–H groups in total. The van der Waals surface area contributed by atoms with Crippen LogP contribution in [0.3, 0.4) is 0 Å². The van der Waals surface area contributed by atoms with Crippen molar-refractivity contribution in [2.24, 2.45) is 7.05 Å². The van der Waals surface area contributed by atoms with Crippen molar-refractivity contribution in [3.05, 3.63) is 59.5 Å². The number of carbonyl (C=O) groups is 1. The van der Waals surface area contributed by atoms with Crippen molar-refractivity contribution in [3.8, 4) is 5.75 Å². The summed E-state index contributed by atoms with van der Waals surface area (Å²) in [5, 5.41) is 3.84. The molecule has 0 bridgehead atoms. The number of amides is 1. The minimum Gasteiger partial charge on any atom is -0.483 e. The highest BCUT2D eigenvalue weighted by atomic mass is 19.4. The molecule has 0 saturated heterocycles. The summed E-state index contributed by atoms with van der Waals surface area (Å²) in [6, 6.07) is 10.3. The Hall–Kier alpha value is -3.03. The summed E-state index contributed by atoms with van der Waals surface area (Å²) < 4.78 is 43.0. The van der Waals surface area contributed by atoms with Crippen LogP contribution in [0.2, 0.25) is 0 Å². The molecule has 0 spiro atoms. The molecule has 1 atom stereocenters. The van der Waals surface area contributed by atoms with Crippen LogP contribution >= 0.6 is 0 Å². The molecule has 0 unspecified atom stereocenters. The van der Waals surface area contributed by atoms with Gasteiger partial charge >= 0.3 is 6.18 Å². The van der Waals surface area contributed by atoms with Crippen LogP contribution < -0.4 is 10.1 Å². The molecule has 0 aliphatic rings. The number of nitrogens with zero attached hydrogens (tertiary/aromatic N) is 2. The number of alkyl halides is 3. The molecule has 3 rings (SSSR count). The Morgan fingerprint density at radius 2 is 2.00 bits per heavy atom. The van der Waals surface area contributed by atoms with Gasteiger partial charge in [-0.25, -0.2) is 0 Å². The van der Waals surface area contributed by atoms with E-state index < -0.39 is 18.8 Å². The highest BCUT2D eigenvalue weighted by molar-refractivity contribution is 5.99. The molecule has 1 amide bonds. The molecular formula is C20H20F3N3O2. The Balaban J connectivity index is 1.70. The van der Waals surface area contributed by atoms with E-state index >= 15 is 0 Å². The minimum absolute atomic E-state index is 0.0173. The van der Waals surface area contributed by atoms with Gasteiger partial charge in [0.2, 0.25) is 0 Å². The van der Waals surface area contributed by atoms with E-state index in [9.17, 15) is 18.0 Å². The second-order valence-electron chi connectivity index (χ2n) is 6.67. The van der Waals surface area contributed by atoms with Gasteiger partial charge in [0.15, 0.2) is 6.61 Å². The topological polar surface area (TPSA) is 56.1 Å². The first-order valence-electron chi connectivity index (χ1n) is 8.66. The first kappa shape index (κ1) is 19.7. The zero-order valence-electron chi connectivity index (χ0n) is 15.7. The Morgan fingerprint density at radius 3 is 2.64 bits per heavy atom. The molecular weight excluding hydrogens is 371 g/mol. The van der Waals surface area contributed by atoms with Gasteiger partial charge in [-0.05, 0) is 44.2 Å². The van der Waals surface area contributed by atoms with Crippen LogP contribution in [0.15, 0.2) is 42.6 Å². The summed E-state index contributed by atoms with van der Waals surface area (Å²) in [5.74, 6) is -0.244. The fourth-order valence-electron chi connectivity index (χ4n) is 2.93. The lowest BCUT2D eigenvalue weighted by molar-refractivity contribution is -0.153. The number of benzene rings is 1. The molecule has 0 fully saturated rings. The van der Waals surface area contributed by atoms with E-state index in [-0.39, 0.29) is 11.7 Å². The summed E-state index contributed by atoms with van der Waals surface area (Å²) in [7, 11) is 1.82. The van der Waals surface area contributed by atoms with Gasteiger partial charge in [-0.15, -0.1) is 0 Å². The molecule has 28 heavy (non-hydrogen) atoms. The molecule has 0 aliphatic carbocycles. The lowest BCUT2D eigenvalue weighted by Gasteiger charge is -2.15. The summed E-state index contributed by atoms with van der Waals surface area (Å²) in [4.78, 5) is 16.8. The van der Waals surface area contributed by atoms with Gasteiger partial charge in [-0.3, -0.25) is 9.78 Å². The van der Waals surface area contributed by atoms with Crippen molar-refractivity contribution in [1.82, 2.24) is 14.9 Å². The number of nitrogens with one attached hydrogen (secondary N) is 1. The highest BCUT2D eigenvalue weighted by Gasteiger charge is 2.28. The molecule has 0 saturated carbocycles. The molecule has 1 aromatic carbocycles. The summed E-state index contributed by atoms with van der Waals surface area (Å²) >= 11 is 0. The van der Waals surface area contributed by atoms with Crippen LogP contribution in [0.4, 0.5) is 13.2 Å². The maximum Gasteiger partial charge on any atom is 0.422 e. The molecule has 3 aromatic rings. The van der Waals surface area contributed by atoms with Crippen molar-refractivity contribution < 1.29 is 22.7 Å². The van der Waals surface area contributed by atoms with Crippen molar-refractivity contribution in [2.75, 3.05) is 6.61 Å². The summed E-state index contributed by atoms with van der Waals surface area (Å²) in [6.07, 6.45) is -3.19. The zero-order chi connectivity index (χ0) is 20.5. The fraction of sp³-hybridized carbons (Fsp3) is 0.300. The van der Waals surface area contributed by atoms with E-state index in [4.69, 9.17) is 0 Å². The van der Waals surface area contributed by atoms with Crippen LogP contribution in [0.1, 0.15) is 34.7 Å². The Morgan fingerprint density at radius 1 is 1.25 bits per heavy atom. The number of aryl methyl sites for hydroxylation is 2. The lowest BCUT2D eigenvalue weighted by Crippen LogP contribution is -2.28. The number of pyridine rings is 1. The first-order valence-corrected chi connectivity index (χ1v) is 8.66. The molecule has 2 aromatic heterocycles. The summed E-state index contributed by atoms with van der Waals surface area (Å²) in [5.41, 5.74) is 3.09. The van der Waals surface area contributed by atoms with Gasteiger partial charge in [0.25, 0.3) is 5.91 Å². The number of fused-ring (bicyclic) bond motifs is 1. The van der Waals surface area contributed by atoms with E-state index in [0.29, 0.717) is 11.4 Å². The standard InChI is InChI=1S/C20H20F3N3O2/c1-12-4-7-17-14(8-12)9-18(26(17)3)19(27)25-13(2)16-6-5-15(10-24-16)28-11-20(21,22)23/h4-10,13H,11H2,1-3H3,(H,25,27)/t13-/m1/s1. The van der Waals surface area contributed by atoms with Crippen LogP contribution in [-0.4, -0.2) is 28.2 Å². The predicted molar refractivity (Wildman–Crippen MR) is 99.3 cm³/mol. The van der Waals surface area contributed by atoms with Gasteiger partial charge in [0.1, 0.15) is 11.4 Å². The Kier molecular flexibility index (Phi) is 5.31. The highest BCUT2D eigenvalue weighted by Crippen LogP contribution is 2.22. The number of halogens is 3. The average Bonchev–Trinajstić information content (AvgIpc) is 2.95. The third kappa shape index (κ3) is 4.44. The quantitative estimate of drug-likeness (QED) is 0.705. The van der Waals surface area contributed by atoms with Crippen LogP contribution in [-0.2, 0) is 7.05 Å². The van der Waals surface area contributed by atoms with Crippen LogP contribution in [0.5, 0.6) is 5.75 Å². The van der Waals surface area contributed by atoms with Crippen LogP contribution in [0, 0.1) is 6.92 Å². The molecule has 5 nitrogen and oxygen atoms in total. The third-order valence-electron chi connectivity index (χ3n) is 4.38. The SMILES string of the molecule is Cc1ccc2c(c1)cc(C(=O)N[C@H](C)c1ccc(OCC(F)(F)F)cn1)n2C. The number of hydrogen-bond donors (Lipinski definition) is 1. The maximum absolute atomic E-state index is 12.7. The molecule has 8 heteroatoms. The Bertz CT molecular complexity index is 994. The summed E-state index contributed by atoms with van der Waals surface area (Å²) in [6.45, 7) is 2.37. The van der Waals surface area contributed by atoms with Crippen molar-refractivity contribution in [1.29, 1.82) is 0 Å². The number of hydrogen-bond acceptors (Lipinski definition) is 3. The van der Waals surface area contributed by atoms with Gasteiger partial charge in [0, 0.05) is 18.0 Å². The number of rotatable bonds is 5. The van der Waals surface area contributed by atoms with E-state index in [1.807, 2.05) is 42.8 Å². The second kappa shape index (κ2) is 7.53. The Labute approximate surface area is 160 Å². The normalized spacial score (nSPS) is 12.8. The minimum atomic E-state index is -4.41. The van der Waals surface area contributed by atoms with E-state index in [1.165, 1.54) is 18.3 Å². The first-order chi connectivity index (χ1) is 13.1. The molecule has 0 aliphatic heterocycles.